The quantitative estimate of drug-likeness (QED) is 0.764. The van der Waals surface area contributed by atoms with Gasteiger partial charge in [0.1, 0.15) is 12.3 Å². The number of carbonyl (C=O) groups excluding carboxylic acids is 2. The summed E-state index contributed by atoms with van der Waals surface area (Å²) in [5, 5.41) is 0. The fraction of sp³-hybridized carbons (Fsp3) is 0.429. The Labute approximate surface area is 123 Å². The molecule has 0 atom stereocenters. The third-order valence-electron chi connectivity index (χ3n) is 3.45. The Morgan fingerprint density at radius 3 is 2.29 bits per heavy atom. The first-order valence-electron chi connectivity index (χ1n) is 6.54. The topological polar surface area (TPSA) is 80.8 Å². The van der Waals surface area contributed by atoms with E-state index in [0.29, 0.717) is 22.2 Å². The number of ketones is 1. The lowest BCUT2D eigenvalue weighted by atomic mass is 10.1. The highest BCUT2D eigenvalue weighted by Crippen LogP contribution is 2.34. The highest BCUT2D eigenvalue weighted by Gasteiger charge is 2.60. The molecule has 0 bridgehead atoms. The zero-order chi connectivity index (χ0) is 15.8. The lowest BCUT2D eigenvalue weighted by Crippen LogP contribution is -2.68. The summed E-state index contributed by atoms with van der Waals surface area (Å²) < 4.78 is 28.3. The van der Waals surface area contributed by atoms with Gasteiger partial charge < -0.3 is 4.74 Å². The Morgan fingerprint density at radius 2 is 1.81 bits per heavy atom. The van der Waals surface area contributed by atoms with Gasteiger partial charge in [0.05, 0.1) is 6.61 Å². The molecule has 0 spiro atoms. The normalized spacial score (nSPS) is 19.0. The summed E-state index contributed by atoms with van der Waals surface area (Å²) in [4.78, 5) is 23.8. The fourth-order valence-electron chi connectivity index (χ4n) is 2.04. The zero-order valence-corrected chi connectivity index (χ0v) is 12.9. The molecule has 0 aliphatic carbocycles. The molecule has 2 rings (SSSR count). The zero-order valence-electron chi connectivity index (χ0n) is 12.1. The summed E-state index contributed by atoms with van der Waals surface area (Å²) >= 11 is 0. The van der Waals surface area contributed by atoms with Crippen LogP contribution in [-0.4, -0.2) is 42.3 Å². The molecule has 114 valence electrons. The van der Waals surface area contributed by atoms with Crippen LogP contribution in [0.4, 0.5) is 0 Å². The van der Waals surface area contributed by atoms with Crippen LogP contribution in [0.1, 0.15) is 31.1 Å². The van der Waals surface area contributed by atoms with E-state index in [4.69, 9.17) is 4.74 Å². The summed E-state index contributed by atoms with van der Waals surface area (Å²) in [6, 6.07) is 6.37. The van der Waals surface area contributed by atoms with Gasteiger partial charge in [-0.3, -0.25) is 9.59 Å². The molecule has 0 N–H and O–H groups in total. The molecule has 6 nitrogen and oxygen atoms in total. The SMILES string of the molecule is CCOc1ccc(C(=O)CN2C(=O)C(C)(C)S2(=O)=O)cc1. The second-order valence-electron chi connectivity index (χ2n) is 5.21. The number of hydrogen-bond acceptors (Lipinski definition) is 5. The van der Waals surface area contributed by atoms with Crippen LogP contribution >= 0.6 is 0 Å². The number of carbonyl (C=O) groups is 2. The van der Waals surface area contributed by atoms with Crippen molar-refractivity contribution in [2.75, 3.05) is 13.2 Å². The molecule has 1 aliphatic heterocycles. The Bertz CT molecular complexity index is 676. The molecule has 0 saturated carbocycles. The molecule has 1 aromatic rings. The third-order valence-corrected chi connectivity index (χ3v) is 5.79. The van der Waals surface area contributed by atoms with Crippen molar-refractivity contribution in [3.05, 3.63) is 29.8 Å². The van der Waals surface area contributed by atoms with Crippen LogP contribution in [0, 0.1) is 0 Å². The van der Waals surface area contributed by atoms with Crippen LogP contribution in [0.5, 0.6) is 5.75 Å². The van der Waals surface area contributed by atoms with Crippen molar-refractivity contribution in [3.63, 3.8) is 0 Å². The van der Waals surface area contributed by atoms with E-state index in [1.54, 1.807) is 24.3 Å². The number of ether oxygens (including phenoxy) is 1. The molecule has 1 aromatic carbocycles. The Balaban J connectivity index is 2.11. The number of hydrogen-bond donors (Lipinski definition) is 0. The maximum atomic E-state index is 12.1. The summed E-state index contributed by atoms with van der Waals surface area (Å²) in [5.41, 5.74) is 0.339. The van der Waals surface area contributed by atoms with E-state index >= 15 is 0 Å². The van der Waals surface area contributed by atoms with Gasteiger partial charge in [-0.05, 0) is 45.0 Å². The average Bonchev–Trinajstić information content (AvgIpc) is 2.44. The van der Waals surface area contributed by atoms with E-state index < -0.39 is 33.0 Å². The van der Waals surface area contributed by atoms with Crippen molar-refractivity contribution >= 4 is 21.7 Å². The lowest BCUT2D eigenvalue weighted by molar-refractivity contribution is -0.131. The van der Waals surface area contributed by atoms with Crippen LogP contribution in [0.3, 0.4) is 0 Å². The predicted octanol–water partition coefficient (Wildman–Crippen LogP) is 1.22. The summed E-state index contributed by atoms with van der Waals surface area (Å²) in [6.07, 6.45) is 0. The Kier molecular flexibility index (Phi) is 3.79. The Morgan fingerprint density at radius 1 is 1.24 bits per heavy atom. The van der Waals surface area contributed by atoms with Gasteiger partial charge in [-0.2, -0.15) is 0 Å². The molecule has 0 aromatic heterocycles. The highest BCUT2D eigenvalue weighted by molar-refractivity contribution is 7.94. The van der Waals surface area contributed by atoms with Crippen molar-refractivity contribution in [2.45, 2.75) is 25.5 Å². The van der Waals surface area contributed by atoms with E-state index in [1.807, 2.05) is 6.92 Å². The van der Waals surface area contributed by atoms with E-state index in [-0.39, 0.29) is 0 Å². The van der Waals surface area contributed by atoms with Gasteiger partial charge in [0.2, 0.25) is 0 Å². The second-order valence-corrected chi connectivity index (χ2v) is 7.62. The molecular formula is C14H17NO5S. The fourth-order valence-corrected chi connectivity index (χ4v) is 3.52. The molecule has 1 saturated heterocycles. The minimum absolute atomic E-state index is 0.339. The monoisotopic (exact) mass is 311 g/mol. The van der Waals surface area contributed by atoms with Gasteiger partial charge >= 0.3 is 0 Å². The number of amides is 1. The summed E-state index contributed by atoms with van der Waals surface area (Å²) in [6.45, 7) is 4.58. The standard InChI is InChI=1S/C14H17NO5S/c1-4-20-11-7-5-10(6-8-11)12(16)9-15-13(17)14(2,3)21(15,18)19/h5-8H,4,9H2,1-3H3. The smallest absolute Gasteiger partial charge is 0.259 e. The van der Waals surface area contributed by atoms with E-state index in [1.165, 1.54) is 13.8 Å². The van der Waals surface area contributed by atoms with Crippen LogP contribution in [-0.2, 0) is 14.8 Å². The summed E-state index contributed by atoms with van der Waals surface area (Å²) in [7, 11) is -3.73. The average molecular weight is 311 g/mol. The molecule has 7 heteroatoms. The van der Waals surface area contributed by atoms with E-state index in [0.717, 1.165) is 0 Å². The molecule has 0 radical (unpaired) electrons. The van der Waals surface area contributed by atoms with Crippen LogP contribution in [0.15, 0.2) is 24.3 Å². The lowest BCUT2D eigenvalue weighted by Gasteiger charge is -2.42. The maximum absolute atomic E-state index is 12.1. The van der Waals surface area contributed by atoms with Gasteiger partial charge in [-0.25, -0.2) is 12.7 Å². The molecule has 1 fully saturated rings. The Hall–Kier alpha value is -1.89. The predicted molar refractivity (Wildman–Crippen MR) is 76.7 cm³/mol. The number of Topliss-reactive ketones (excluding diaryl/α,β-unsaturated/α-hetero) is 1. The van der Waals surface area contributed by atoms with Crippen molar-refractivity contribution < 1.29 is 22.7 Å². The van der Waals surface area contributed by atoms with Gasteiger partial charge in [-0.15, -0.1) is 0 Å². The third kappa shape index (κ3) is 2.42. The minimum atomic E-state index is -3.73. The largest absolute Gasteiger partial charge is 0.494 e. The van der Waals surface area contributed by atoms with E-state index in [9.17, 15) is 18.0 Å². The molecular weight excluding hydrogens is 294 g/mol. The molecule has 0 unspecified atom stereocenters. The summed E-state index contributed by atoms with van der Waals surface area (Å²) in [5.74, 6) is -0.352. The van der Waals surface area contributed by atoms with Gasteiger partial charge in [0, 0.05) is 5.56 Å². The minimum Gasteiger partial charge on any atom is -0.494 e. The first-order chi connectivity index (χ1) is 9.71. The van der Waals surface area contributed by atoms with Crippen LogP contribution < -0.4 is 4.74 Å². The first kappa shape index (κ1) is 15.5. The van der Waals surface area contributed by atoms with Crippen LogP contribution in [0.2, 0.25) is 0 Å². The van der Waals surface area contributed by atoms with Crippen molar-refractivity contribution in [3.8, 4) is 5.75 Å². The van der Waals surface area contributed by atoms with Crippen LogP contribution in [0.25, 0.3) is 0 Å². The number of benzene rings is 1. The van der Waals surface area contributed by atoms with E-state index in [2.05, 4.69) is 0 Å². The van der Waals surface area contributed by atoms with Gasteiger partial charge in [0.25, 0.3) is 15.9 Å². The van der Waals surface area contributed by atoms with Gasteiger partial charge in [0.15, 0.2) is 10.5 Å². The highest BCUT2D eigenvalue weighted by atomic mass is 32.2. The second kappa shape index (κ2) is 5.14. The van der Waals surface area contributed by atoms with Gasteiger partial charge in [-0.1, -0.05) is 0 Å². The number of nitrogens with zero attached hydrogens (tertiary/aromatic N) is 1. The van der Waals surface area contributed by atoms with Crippen molar-refractivity contribution in [1.29, 1.82) is 0 Å². The first-order valence-corrected chi connectivity index (χ1v) is 7.98. The molecule has 1 aliphatic rings. The van der Waals surface area contributed by atoms with Crippen molar-refractivity contribution in [1.82, 2.24) is 4.31 Å². The molecule has 21 heavy (non-hydrogen) atoms. The molecule has 1 heterocycles. The van der Waals surface area contributed by atoms with Crippen molar-refractivity contribution in [2.24, 2.45) is 0 Å². The number of rotatable bonds is 5. The molecule has 1 amide bonds. The maximum Gasteiger partial charge on any atom is 0.259 e. The number of sulfonamides is 1.